The number of piperazine rings is 1. The smallest absolute Gasteiger partial charge is 0.246 e. The monoisotopic (exact) mass is 238 g/mol. The van der Waals surface area contributed by atoms with Crippen molar-refractivity contribution in [2.45, 2.75) is 64.6 Å². The van der Waals surface area contributed by atoms with E-state index in [4.69, 9.17) is 0 Å². The summed E-state index contributed by atoms with van der Waals surface area (Å²) in [5.41, 5.74) is -0.282. The zero-order chi connectivity index (χ0) is 12.8. The van der Waals surface area contributed by atoms with Crippen LogP contribution >= 0.6 is 0 Å². The Labute approximate surface area is 103 Å². The van der Waals surface area contributed by atoms with E-state index < -0.39 is 0 Å². The molecule has 2 aliphatic heterocycles. The summed E-state index contributed by atoms with van der Waals surface area (Å²) < 4.78 is 0. The summed E-state index contributed by atoms with van der Waals surface area (Å²) in [6.45, 7) is 8.57. The van der Waals surface area contributed by atoms with Crippen LogP contribution in [-0.4, -0.2) is 45.8 Å². The fourth-order valence-electron chi connectivity index (χ4n) is 3.07. The fraction of sp³-hybridized carbons (Fsp3) is 0.846. The van der Waals surface area contributed by atoms with Gasteiger partial charge in [-0.2, -0.15) is 0 Å². The van der Waals surface area contributed by atoms with Crippen molar-refractivity contribution in [1.29, 1.82) is 0 Å². The molecule has 2 rings (SSSR count). The Morgan fingerprint density at radius 2 is 1.76 bits per heavy atom. The highest BCUT2D eigenvalue weighted by Crippen LogP contribution is 2.30. The first-order valence-electron chi connectivity index (χ1n) is 6.47. The molecule has 2 amide bonds. The molecule has 2 unspecified atom stereocenters. The Bertz CT molecular complexity index is 346. The molecule has 96 valence electrons. The predicted molar refractivity (Wildman–Crippen MR) is 65.4 cm³/mol. The fourth-order valence-corrected chi connectivity index (χ4v) is 3.07. The van der Waals surface area contributed by atoms with Crippen LogP contribution in [0, 0.1) is 0 Å². The van der Waals surface area contributed by atoms with Gasteiger partial charge in [0.1, 0.15) is 12.1 Å². The van der Waals surface area contributed by atoms with Gasteiger partial charge in [-0.15, -0.1) is 0 Å². The van der Waals surface area contributed by atoms with Gasteiger partial charge in [-0.3, -0.25) is 9.59 Å². The Balaban J connectivity index is 2.32. The van der Waals surface area contributed by atoms with Crippen LogP contribution in [0.5, 0.6) is 0 Å². The van der Waals surface area contributed by atoms with E-state index in [1.54, 1.807) is 9.80 Å². The molecule has 4 heteroatoms. The van der Waals surface area contributed by atoms with Gasteiger partial charge in [0.2, 0.25) is 11.8 Å². The van der Waals surface area contributed by atoms with Crippen molar-refractivity contribution >= 4 is 11.8 Å². The Hall–Kier alpha value is -1.06. The average Bonchev–Trinajstić information content (AvgIpc) is 2.24. The first-order chi connectivity index (χ1) is 7.84. The number of amides is 2. The molecule has 0 spiro atoms. The topological polar surface area (TPSA) is 40.6 Å². The number of piperidine rings is 1. The third kappa shape index (κ3) is 1.94. The van der Waals surface area contributed by atoms with Crippen LogP contribution < -0.4 is 0 Å². The number of carbonyl (C=O) groups excluding carboxylic acids is 2. The van der Waals surface area contributed by atoms with Gasteiger partial charge in [-0.05, 0) is 47.0 Å². The molecule has 0 aromatic carbocycles. The third-order valence-corrected chi connectivity index (χ3v) is 3.78. The molecule has 0 bridgehead atoms. The SMILES string of the molecule is CC1C(=O)N2CCCCC2C(=O)N1C(C)(C)C. The van der Waals surface area contributed by atoms with Gasteiger partial charge >= 0.3 is 0 Å². The number of nitrogens with zero attached hydrogens (tertiary/aromatic N) is 2. The largest absolute Gasteiger partial charge is 0.329 e. The van der Waals surface area contributed by atoms with Crippen molar-refractivity contribution < 1.29 is 9.59 Å². The van der Waals surface area contributed by atoms with Gasteiger partial charge in [0, 0.05) is 12.1 Å². The molecule has 2 aliphatic rings. The maximum Gasteiger partial charge on any atom is 0.246 e. The number of hydrogen-bond acceptors (Lipinski definition) is 2. The highest BCUT2D eigenvalue weighted by Gasteiger charge is 2.47. The lowest BCUT2D eigenvalue weighted by molar-refractivity contribution is -0.168. The van der Waals surface area contributed by atoms with Gasteiger partial charge < -0.3 is 9.80 Å². The molecule has 0 saturated carbocycles. The van der Waals surface area contributed by atoms with Gasteiger partial charge in [-0.1, -0.05) is 0 Å². The Morgan fingerprint density at radius 3 is 2.35 bits per heavy atom. The lowest BCUT2D eigenvalue weighted by atomic mass is 9.92. The van der Waals surface area contributed by atoms with Crippen LogP contribution in [0.2, 0.25) is 0 Å². The van der Waals surface area contributed by atoms with Crippen molar-refractivity contribution in [2.75, 3.05) is 6.54 Å². The second kappa shape index (κ2) is 4.00. The molecule has 4 nitrogen and oxygen atoms in total. The second-order valence-corrected chi connectivity index (χ2v) is 6.10. The van der Waals surface area contributed by atoms with Crippen LogP contribution in [-0.2, 0) is 9.59 Å². The van der Waals surface area contributed by atoms with E-state index in [1.165, 1.54) is 0 Å². The molecule has 2 fully saturated rings. The summed E-state index contributed by atoms with van der Waals surface area (Å²) in [6.07, 6.45) is 2.90. The molecule has 17 heavy (non-hydrogen) atoms. The van der Waals surface area contributed by atoms with Crippen LogP contribution in [0.25, 0.3) is 0 Å². The van der Waals surface area contributed by atoms with Gasteiger partial charge in [0.25, 0.3) is 0 Å². The Kier molecular flexibility index (Phi) is 2.92. The highest BCUT2D eigenvalue weighted by atomic mass is 16.2. The van der Waals surface area contributed by atoms with Gasteiger partial charge in [0.05, 0.1) is 0 Å². The van der Waals surface area contributed by atoms with Gasteiger partial charge in [0.15, 0.2) is 0 Å². The molecule has 0 aromatic heterocycles. The number of hydrogen-bond donors (Lipinski definition) is 0. The van der Waals surface area contributed by atoms with E-state index in [0.717, 1.165) is 25.8 Å². The molecule has 2 heterocycles. The van der Waals surface area contributed by atoms with Crippen LogP contribution in [0.15, 0.2) is 0 Å². The van der Waals surface area contributed by atoms with E-state index in [1.807, 2.05) is 27.7 Å². The summed E-state index contributed by atoms with van der Waals surface area (Å²) >= 11 is 0. The van der Waals surface area contributed by atoms with E-state index in [0.29, 0.717) is 0 Å². The summed E-state index contributed by atoms with van der Waals surface area (Å²) in [4.78, 5) is 28.3. The lowest BCUT2D eigenvalue weighted by Crippen LogP contribution is -2.68. The minimum Gasteiger partial charge on any atom is -0.329 e. The van der Waals surface area contributed by atoms with E-state index in [2.05, 4.69) is 0 Å². The van der Waals surface area contributed by atoms with Crippen molar-refractivity contribution in [2.24, 2.45) is 0 Å². The third-order valence-electron chi connectivity index (χ3n) is 3.78. The molecular weight excluding hydrogens is 216 g/mol. The first-order valence-corrected chi connectivity index (χ1v) is 6.47. The maximum atomic E-state index is 12.5. The molecule has 2 atom stereocenters. The average molecular weight is 238 g/mol. The summed E-state index contributed by atoms with van der Waals surface area (Å²) in [5.74, 6) is 0.244. The van der Waals surface area contributed by atoms with Crippen molar-refractivity contribution in [1.82, 2.24) is 9.80 Å². The molecule has 0 aliphatic carbocycles. The minimum absolute atomic E-state index is 0.115. The van der Waals surface area contributed by atoms with Crippen LogP contribution in [0.4, 0.5) is 0 Å². The van der Waals surface area contributed by atoms with E-state index >= 15 is 0 Å². The Morgan fingerprint density at radius 1 is 1.12 bits per heavy atom. The number of rotatable bonds is 0. The molecule has 0 radical (unpaired) electrons. The first kappa shape index (κ1) is 12.4. The summed E-state index contributed by atoms with van der Waals surface area (Å²) in [6, 6.07) is -0.525. The van der Waals surface area contributed by atoms with Crippen LogP contribution in [0.3, 0.4) is 0 Å². The lowest BCUT2D eigenvalue weighted by Gasteiger charge is -2.50. The summed E-state index contributed by atoms with van der Waals surface area (Å²) in [5, 5.41) is 0. The van der Waals surface area contributed by atoms with Gasteiger partial charge in [-0.25, -0.2) is 0 Å². The highest BCUT2D eigenvalue weighted by molar-refractivity contribution is 5.97. The van der Waals surface area contributed by atoms with Crippen molar-refractivity contribution in [3.63, 3.8) is 0 Å². The summed E-state index contributed by atoms with van der Waals surface area (Å²) in [7, 11) is 0. The van der Waals surface area contributed by atoms with E-state index in [9.17, 15) is 9.59 Å². The molecule has 2 saturated heterocycles. The zero-order valence-corrected chi connectivity index (χ0v) is 11.2. The second-order valence-electron chi connectivity index (χ2n) is 6.10. The van der Waals surface area contributed by atoms with Crippen molar-refractivity contribution in [3.8, 4) is 0 Å². The number of fused-ring (bicyclic) bond motifs is 1. The number of carbonyl (C=O) groups is 2. The normalized spacial score (nSPS) is 30.6. The maximum absolute atomic E-state index is 12.5. The van der Waals surface area contributed by atoms with Crippen LogP contribution in [0.1, 0.15) is 47.0 Å². The van der Waals surface area contributed by atoms with E-state index in [-0.39, 0.29) is 29.4 Å². The standard InChI is InChI=1S/C13H22N2O2/c1-9-11(16)14-8-6-5-7-10(14)12(17)15(9)13(2,3)4/h9-10H,5-8H2,1-4H3. The quantitative estimate of drug-likeness (QED) is 0.640. The van der Waals surface area contributed by atoms with Crippen molar-refractivity contribution in [3.05, 3.63) is 0 Å². The molecule has 0 N–H and O–H groups in total. The minimum atomic E-state index is -0.322. The zero-order valence-electron chi connectivity index (χ0n) is 11.2. The predicted octanol–water partition coefficient (Wildman–Crippen LogP) is 1.40. The molecule has 0 aromatic rings. The molecular formula is C13H22N2O2.